The van der Waals surface area contributed by atoms with E-state index in [0.717, 1.165) is 23.3 Å². The minimum Gasteiger partial charge on any atom is -0.494 e. The molecular formula is C23H35N3O2. The minimum absolute atomic E-state index is 0.0550. The Kier molecular flexibility index (Phi) is 8.11. The van der Waals surface area contributed by atoms with Gasteiger partial charge in [-0.1, -0.05) is 38.5 Å². The van der Waals surface area contributed by atoms with Gasteiger partial charge in [0.05, 0.1) is 12.6 Å². The summed E-state index contributed by atoms with van der Waals surface area (Å²) in [7, 11) is 0. The lowest BCUT2D eigenvalue weighted by atomic mass is 9.82. The number of hydrogen-bond acceptors (Lipinski definition) is 4. The Labute approximate surface area is 170 Å². The van der Waals surface area contributed by atoms with Crippen LogP contribution < -0.4 is 15.4 Å². The summed E-state index contributed by atoms with van der Waals surface area (Å²) in [5.74, 6) is 0.339. The number of ether oxygens (including phenoxy) is 1. The van der Waals surface area contributed by atoms with Gasteiger partial charge >= 0.3 is 0 Å². The van der Waals surface area contributed by atoms with E-state index >= 15 is 0 Å². The highest BCUT2D eigenvalue weighted by Crippen LogP contribution is 2.28. The van der Waals surface area contributed by atoms with Crippen LogP contribution in [-0.4, -0.2) is 18.1 Å². The molecule has 5 heteroatoms. The van der Waals surface area contributed by atoms with Crippen molar-refractivity contribution in [3.8, 4) is 11.8 Å². The Bertz CT molecular complexity index is 752. The van der Waals surface area contributed by atoms with Gasteiger partial charge in [-0.05, 0) is 52.5 Å². The molecule has 5 nitrogen and oxygen atoms in total. The van der Waals surface area contributed by atoms with Gasteiger partial charge in [-0.2, -0.15) is 5.26 Å². The van der Waals surface area contributed by atoms with E-state index in [0.29, 0.717) is 6.61 Å². The number of nitrogens with one attached hydrogen (secondary N) is 2. The van der Waals surface area contributed by atoms with Gasteiger partial charge in [0.25, 0.3) is 5.91 Å². The van der Waals surface area contributed by atoms with Gasteiger partial charge < -0.3 is 15.4 Å². The predicted octanol–water partition coefficient (Wildman–Crippen LogP) is 4.78. The average molecular weight is 386 g/mol. The Morgan fingerprint density at radius 3 is 2.46 bits per heavy atom. The van der Waals surface area contributed by atoms with Crippen molar-refractivity contribution in [2.75, 3.05) is 6.61 Å². The Morgan fingerprint density at radius 2 is 1.93 bits per heavy atom. The molecule has 1 atom stereocenters. The van der Waals surface area contributed by atoms with E-state index in [1.165, 1.54) is 6.20 Å². The molecule has 0 heterocycles. The number of benzene rings is 1. The van der Waals surface area contributed by atoms with Crippen LogP contribution >= 0.6 is 0 Å². The number of carbonyl (C=O) groups is 1. The first-order valence-electron chi connectivity index (χ1n) is 9.80. The molecule has 0 aliphatic rings. The highest BCUT2D eigenvalue weighted by atomic mass is 16.5. The van der Waals surface area contributed by atoms with E-state index < -0.39 is 5.91 Å². The molecule has 0 radical (unpaired) electrons. The van der Waals surface area contributed by atoms with Gasteiger partial charge in [-0.3, -0.25) is 4.79 Å². The number of hydrogen-bond donors (Lipinski definition) is 2. The van der Waals surface area contributed by atoms with Crippen LogP contribution in [0.3, 0.4) is 0 Å². The molecule has 1 amide bonds. The third-order valence-corrected chi connectivity index (χ3v) is 4.22. The predicted molar refractivity (Wildman–Crippen MR) is 114 cm³/mol. The monoisotopic (exact) mass is 385 g/mol. The van der Waals surface area contributed by atoms with Gasteiger partial charge in [-0.15, -0.1) is 0 Å². The van der Waals surface area contributed by atoms with E-state index in [9.17, 15) is 10.1 Å². The molecule has 1 aromatic carbocycles. The number of nitrogens with zero attached hydrogens (tertiary/aromatic N) is 1. The molecule has 154 valence electrons. The molecule has 0 spiro atoms. The zero-order valence-corrected chi connectivity index (χ0v) is 18.6. The first-order chi connectivity index (χ1) is 12.9. The molecule has 0 saturated carbocycles. The number of carbonyl (C=O) groups excluding carboxylic acids is 1. The lowest BCUT2D eigenvalue weighted by Crippen LogP contribution is -2.40. The molecule has 1 unspecified atom stereocenters. The molecule has 0 saturated heterocycles. The van der Waals surface area contributed by atoms with Crippen LogP contribution in [0.5, 0.6) is 5.75 Å². The van der Waals surface area contributed by atoms with Crippen LogP contribution in [0.15, 0.2) is 30.0 Å². The van der Waals surface area contributed by atoms with Crippen molar-refractivity contribution in [1.82, 2.24) is 10.6 Å². The van der Waals surface area contributed by atoms with Crippen molar-refractivity contribution < 1.29 is 9.53 Å². The highest BCUT2D eigenvalue weighted by Gasteiger charge is 2.25. The highest BCUT2D eigenvalue weighted by molar-refractivity contribution is 5.97. The molecule has 1 aromatic rings. The summed E-state index contributed by atoms with van der Waals surface area (Å²) >= 11 is 0. The van der Waals surface area contributed by atoms with Gasteiger partial charge in [0.1, 0.15) is 17.4 Å². The number of aryl methyl sites for hydroxylation is 1. The minimum atomic E-state index is -0.405. The fourth-order valence-corrected chi connectivity index (χ4v) is 3.44. The maximum atomic E-state index is 12.6. The van der Waals surface area contributed by atoms with Crippen molar-refractivity contribution in [3.05, 3.63) is 41.1 Å². The molecule has 2 N–H and O–H groups in total. The Balaban J connectivity index is 2.92. The summed E-state index contributed by atoms with van der Waals surface area (Å²) in [4.78, 5) is 12.6. The van der Waals surface area contributed by atoms with Gasteiger partial charge in [0.15, 0.2) is 0 Å². The molecular weight excluding hydrogens is 350 g/mol. The summed E-state index contributed by atoms with van der Waals surface area (Å²) < 4.78 is 5.68. The van der Waals surface area contributed by atoms with Crippen molar-refractivity contribution in [1.29, 1.82) is 5.26 Å². The normalized spacial score (nSPS) is 13.5. The summed E-state index contributed by atoms with van der Waals surface area (Å²) in [6.07, 6.45) is 2.42. The fourth-order valence-electron chi connectivity index (χ4n) is 3.44. The SMILES string of the molecule is CCOc1ccc(C)cc1C(C)NC(=O)/C(C#N)=C\NC(C)(C)CC(C)(C)C. The number of amides is 1. The second-order valence-corrected chi connectivity index (χ2v) is 9.10. The van der Waals surface area contributed by atoms with Crippen molar-refractivity contribution >= 4 is 5.91 Å². The standard InChI is InChI=1S/C23H35N3O2/c1-9-28-20-11-10-16(2)12-19(20)17(3)26-21(27)18(13-24)14-25-23(7,8)15-22(4,5)6/h10-12,14,17,25H,9,15H2,1-8H3,(H,26,27)/b18-14-. The van der Waals surface area contributed by atoms with Crippen LogP contribution in [0.4, 0.5) is 0 Å². The van der Waals surface area contributed by atoms with Crippen LogP contribution in [-0.2, 0) is 4.79 Å². The summed E-state index contributed by atoms with van der Waals surface area (Å²) in [6.45, 7) is 17.0. The average Bonchev–Trinajstić information content (AvgIpc) is 2.54. The number of nitriles is 1. The number of rotatable bonds is 8. The van der Waals surface area contributed by atoms with Crippen molar-refractivity contribution in [2.24, 2.45) is 5.41 Å². The summed E-state index contributed by atoms with van der Waals surface area (Å²) in [5.41, 5.74) is 1.94. The van der Waals surface area contributed by atoms with E-state index in [2.05, 4.69) is 45.3 Å². The van der Waals surface area contributed by atoms with Gasteiger partial charge in [0, 0.05) is 17.3 Å². The smallest absolute Gasteiger partial charge is 0.263 e. The largest absolute Gasteiger partial charge is 0.494 e. The molecule has 0 aliphatic carbocycles. The van der Waals surface area contributed by atoms with Crippen LogP contribution in [0, 0.1) is 23.7 Å². The first-order valence-corrected chi connectivity index (χ1v) is 9.80. The quantitative estimate of drug-likeness (QED) is 0.499. The molecule has 0 bridgehead atoms. The van der Waals surface area contributed by atoms with E-state index in [1.807, 2.05) is 45.0 Å². The van der Waals surface area contributed by atoms with Crippen LogP contribution in [0.25, 0.3) is 0 Å². The molecule has 0 fully saturated rings. The van der Waals surface area contributed by atoms with E-state index in [-0.39, 0.29) is 22.6 Å². The zero-order chi connectivity index (χ0) is 21.5. The maximum Gasteiger partial charge on any atom is 0.263 e. The van der Waals surface area contributed by atoms with Crippen LogP contribution in [0.2, 0.25) is 0 Å². The lowest BCUT2D eigenvalue weighted by Gasteiger charge is -2.33. The molecule has 28 heavy (non-hydrogen) atoms. The van der Waals surface area contributed by atoms with Gasteiger partial charge in [0.2, 0.25) is 0 Å². The molecule has 1 rings (SSSR count). The van der Waals surface area contributed by atoms with E-state index in [1.54, 1.807) is 0 Å². The third kappa shape index (κ3) is 7.64. The van der Waals surface area contributed by atoms with E-state index in [4.69, 9.17) is 4.74 Å². The first kappa shape index (κ1) is 23.6. The molecule has 0 aromatic heterocycles. The Hall–Kier alpha value is -2.48. The van der Waals surface area contributed by atoms with Gasteiger partial charge in [-0.25, -0.2) is 0 Å². The third-order valence-electron chi connectivity index (χ3n) is 4.22. The van der Waals surface area contributed by atoms with Crippen molar-refractivity contribution in [2.45, 2.75) is 73.4 Å². The van der Waals surface area contributed by atoms with Crippen LogP contribution in [0.1, 0.15) is 72.1 Å². The maximum absolute atomic E-state index is 12.6. The lowest BCUT2D eigenvalue weighted by molar-refractivity contribution is -0.117. The second-order valence-electron chi connectivity index (χ2n) is 9.10. The van der Waals surface area contributed by atoms with Crippen molar-refractivity contribution in [3.63, 3.8) is 0 Å². The topological polar surface area (TPSA) is 74.1 Å². The second kappa shape index (κ2) is 9.64. The zero-order valence-electron chi connectivity index (χ0n) is 18.6. The summed E-state index contributed by atoms with van der Waals surface area (Å²) in [6, 6.07) is 7.60. The fraction of sp³-hybridized carbons (Fsp3) is 0.565. The Morgan fingerprint density at radius 1 is 1.29 bits per heavy atom. The summed E-state index contributed by atoms with van der Waals surface area (Å²) in [5, 5.41) is 15.6. The molecule has 0 aliphatic heterocycles.